The molecule has 1 aliphatic carbocycles. The van der Waals surface area contributed by atoms with Crippen molar-refractivity contribution in [2.75, 3.05) is 6.54 Å². The number of carbonyl (C=O) groups excluding carboxylic acids is 4. The Bertz CT molecular complexity index is 930. The Labute approximate surface area is 174 Å². The molecule has 4 atom stereocenters. The zero-order valence-electron chi connectivity index (χ0n) is 16.8. The van der Waals surface area contributed by atoms with Gasteiger partial charge in [-0.05, 0) is 42.9 Å². The molecule has 0 bridgehead atoms. The van der Waals surface area contributed by atoms with Gasteiger partial charge in [0.1, 0.15) is 6.04 Å². The molecule has 4 unspecified atom stereocenters. The molecule has 2 saturated heterocycles. The van der Waals surface area contributed by atoms with Crippen molar-refractivity contribution in [2.45, 2.75) is 63.2 Å². The summed E-state index contributed by atoms with van der Waals surface area (Å²) in [5.74, 6) is -1.23. The number of carbonyl (C=O) groups is 4. The third-order valence-corrected chi connectivity index (χ3v) is 7.01. The molecular weight excluding hydrogens is 384 g/mol. The van der Waals surface area contributed by atoms with Crippen LogP contribution in [0.3, 0.4) is 0 Å². The van der Waals surface area contributed by atoms with Crippen LogP contribution in [0.5, 0.6) is 0 Å². The number of rotatable bonds is 4. The molecule has 0 aromatic heterocycles. The predicted molar refractivity (Wildman–Crippen MR) is 107 cm³/mol. The number of nitrogens with one attached hydrogen (secondary N) is 3. The predicted octanol–water partition coefficient (Wildman–Crippen LogP) is 0.708. The molecule has 3 N–H and O–H groups in total. The third-order valence-electron chi connectivity index (χ3n) is 7.01. The van der Waals surface area contributed by atoms with Gasteiger partial charge in [0.2, 0.25) is 11.8 Å². The van der Waals surface area contributed by atoms with Crippen molar-refractivity contribution in [3.05, 3.63) is 34.9 Å². The Morgan fingerprint density at radius 3 is 2.63 bits per heavy atom. The summed E-state index contributed by atoms with van der Waals surface area (Å²) in [7, 11) is 0. The highest BCUT2D eigenvalue weighted by Crippen LogP contribution is 2.31. The summed E-state index contributed by atoms with van der Waals surface area (Å²) in [5.41, 5.74) is 1.60. The van der Waals surface area contributed by atoms with Crippen LogP contribution < -0.4 is 16.0 Å². The summed E-state index contributed by atoms with van der Waals surface area (Å²) in [6.07, 6.45) is 5.36. The van der Waals surface area contributed by atoms with Gasteiger partial charge in [-0.15, -0.1) is 0 Å². The van der Waals surface area contributed by atoms with E-state index in [2.05, 4.69) is 16.0 Å². The minimum atomic E-state index is -0.926. The first-order valence-corrected chi connectivity index (χ1v) is 10.8. The van der Waals surface area contributed by atoms with Gasteiger partial charge in [0.05, 0.1) is 11.1 Å². The Morgan fingerprint density at radius 2 is 1.80 bits per heavy atom. The number of hydrogen-bond acceptors (Lipinski definition) is 6. The number of piperidine rings is 1. The van der Waals surface area contributed by atoms with Gasteiger partial charge >= 0.3 is 0 Å². The van der Waals surface area contributed by atoms with E-state index in [9.17, 15) is 19.2 Å². The number of nitrogens with zero attached hydrogens (tertiary/aromatic N) is 1. The normalized spacial score (nSPS) is 31.0. The van der Waals surface area contributed by atoms with E-state index in [1.165, 1.54) is 25.7 Å². The molecule has 4 aliphatic rings. The minimum Gasteiger partial charge on any atom is -0.312 e. The lowest BCUT2D eigenvalue weighted by Crippen LogP contribution is -2.54. The van der Waals surface area contributed by atoms with Crippen LogP contribution in [0.2, 0.25) is 0 Å². The quantitative estimate of drug-likeness (QED) is 0.631. The topological polar surface area (TPSA) is 108 Å². The van der Waals surface area contributed by atoms with Crippen molar-refractivity contribution >= 4 is 23.6 Å². The summed E-state index contributed by atoms with van der Waals surface area (Å²) in [6, 6.07) is 5.40. The molecule has 1 saturated carbocycles. The molecule has 3 fully saturated rings. The third kappa shape index (κ3) is 3.24. The summed E-state index contributed by atoms with van der Waals surface area (Å²) < 4.78 is 0. The number of imide groups is 2. The van der Waals surface area contributed by atoms with Gasteiger partial charge in [0.15, 0.2) is 0 Å². The Balaban J connectivity index is 1.29. The first kappa shape index (κ1) is 19.4. The molecule has 0 spiro atoms. The lowest BCUT2D eigenvalue weighted by atomic mass is 9.83. The maximum absolute atomic E-state index is 12.9. The highest BCUT2D eigenvalue weighted by atomic mass is 16.2. The van der Waals surface area contributed by atoms with Crippen molar-refractivity contribution in [1.82, 2.24) is 20.9 Å². The lowest BCUT2D eigenvalue weighted by molar-refractivity contribution is -0.136. The van der Waals surface area contributed by atoms with Crippen molar-refractivity contribution in [2.24, 2.45) is 5.92 Å². The van der Waals surface area contributed by atoms with Crippen LogP contribution in [0.15, 0.2) is 18.2 Å². The van der Waals surface area contributed by atoms with Crippen LogP contribution in [-0.4, -0.2) is 53.2 Å². The number of hydrogen-bond donors (Lipinski definition) is 3. The van der Waals surface area contributed by atoms with Crippen LogP contribution in [-0.2, 0) is 16.1 Å². The van der Waals surface area contributed by atoms with Gasteiger partial charge in [0.25, 0.3) is 11.8 Å². The molecule has 158 valence electrons. The van der Waals surface area contributed by atoms with Gasteiger partial charge in [-0.1, -0.05) is 18.9 Å². The second-order valence-electron chi connectivity index (χ2n) is 8.78. The van der Waals surface area contributed by atoms with Crippen LogP contribution >= 0.6 is 0 Å². The van der Waals surface area contributed by atoms with Crippen LogP contribution in [0.25, 0.3) is 0 Å². The van der Waals surface area contributed by atoms with E-state index < -0.39 is 23.8 Å². The average molecular weight is 410 g/mol. The maximum atomic E-state index is 12.9. The van der Waals surface area contributed by atoms with Gasteiger partial charge in [-0.3, -0.25) is 29.4 Å². The first-order valence-electron chi connectivity index (χ1n) is 10.8. The van der Waals surface area contributed by atoms with Crippen LogP contribution in [0.4, 0.5) is 0 Å². The van der Waals surface area contributed by atoms with Crippen molar-refractivity contribution in [3.8, 4) is 0 Å². The van der Waals surface area contributed by atoms with E-state index in [-0.39, 0.29) is 18.7 Å². The molecule has 8 heteroatoms. The highest BCUT2D eigenvalue weighted by Gasteiger charge is 2.44. The molecule has 5 rings (SSSR count). The summed E-state index contributed by atoms with van der Waals surface area (Å²) in [5, 5.41) is 9.47. The fourth-order valence-electron chi connectivity index (χ4n) is 5.42. The van der Waals surface area contributed by atoms with Gasteiger partial charge < -0.3 is 10.6 Å². The molecule has 3 aliphatic heterocycles. The average Bonchev–Trinajstić information content (AvgIpc) is 3.26. The monoisotopic (exact) mass is 410 g/mol. The Morgan fingerprint density at radius 1 is 1.00 bits per heavy atom. The van der Waals surface area contributed by atoms with E-state index in [0.717, 1.165) is 17.0 Å². The molecule has 1 aromatic carbocycles. The summed E-state index contributed by atoms with van der Waals surface area (Å²) in [4.78, 5) is 50.3. The highest BCUT2D eigenvalue weighted by molar-refractivity contribution is 6.23. The second-order valence-corrected chi connectivity index (χ2v) is 8.78. The SMILES string of the molecule is O=C1CCC(N2C(=O)c3ccc(CNC4CNC5CCCCC54)cc3C2=O)C(=O)N1. The zero-order valence-corrected chi connectivity index (χ0v) is 16.8. The van der Waals surface area contributed by atoms with E-state index in [1.807, 2.05) is 6.07 Å². The number of benzene rings is 1. The smallest absolute Gasteiger partial charge is 0.262 e. The largest absolute Gasteiger partial charge is 0.312 e. The van der Waals surface area contributed by atoms with Crippen LogP contribution in [0, 0.1) is 5.92 Å². The first-order chi connectivity index (χ1) is 14.5. The molecular formula is C22H26N4O4. The van der Waals surface area contributed by atoms with Crippen molar-refractivity contribution in [3.63, 3.8) is 0 Å². The van der Waals surface area contributed by atoms with E-state index >= 15 is 0 Å². The van der Waals surface area contributed by atoms with E-state index in [1.54, 1.807) is 12.1 Å². The van der Waals surface area contributed by atoms with Crippen molar-refractivity contribution in [1.29, 1.82) is 0 Å². The zero-order chi connectivity index (χ0) is 20.8. The van der Waals surface area contributed by atoms with E-state index in [4.69, 9.17) is 0 Å². The summed E-state index contributed by atoms with van der Waals surface area (Å²) in [6.45, 7) is 1.59. The Kier molecular flexibility index (Phi) is 4.91. The van der Waals surface area contributed by atoms with Gasteiger partial charge in [0, 0.05) is 31.6 Å². The number of fused-ring (bicyclic) bond motifs is 2. The fraction of sp³-hybridized carbons (Fsp3) is 0.545. The second kappa shape index (κ2) is 7.59. The van der Waals surface area contributed by atoms with Gasteiger partial charge in [-0.2, -0.15) is 0 Å². The van der Waals surface area contributed by atoms with Crippen LogP contribution in [0.1, 0.15) is 64.8 Å². The number of amides is 4. The van der Waals surface area contributed by atoms with Gasteiger partial charge in [-0.25, -0.2) is 0 Å². The molecule has 1 aromatic rings. The summed E-state index contributed by atoms with van der Waals surface area (Å²) >= 11 is 0. The molecule has 4 amide bonds. The fourth-order valence-corrected chi connectivity index (χ4v) is 5.42. The molecule has 30 heavy (non-hydrogen) atoms. The van der Waals surface area contributed by atoms with Crippen molar-refractivity contribution < 1.29 is 19.2 Å². The molecule has 8 nitrogen and oxygen atoms in total. The minimum absolute atomic E-state index is 0.122. The lowest BCUT2D eigenvalue weighted by Gasteiger charge is -2.28. The Hall–Kier alpha value is -2.58. The molecule has 0 radical (unpaired) electrons. The molecule has 3 heterocycles. The standard InChI is InChI=1S/C22H26N4O4/c27-19-8-7-18(20(28)25-19)26-21(29)13-6-5-12(9-15(13)22(26)30)10-23-17-11-24-16-4-2-1-3-14(16)17/h5-6,9,14,16-18,23-24H,1-4,7-8,10-11H2,(H,25,27,28). The maximum Gasteiger partial charge on any atom is 0.262 e. The van der Waals surface area contributed by atoms with E-state index in [0.29, 0.717) is 35.7 Å².